The zero-order chi connectivity index (χ0) is 19.3. The van der Waals surface area contributed by atoms with Gasteiger partial charge in [0, 0.05) is 51.1 Å². The molecule has 3 aromatic heterocycles. The summed E-state index contributed by atoms with van der Waals surface area (Å²) in [5, 5.41) is 7.03. The number of nitrogens with zero attached hydrogens (tertiary/aromatic N) is 5. The first kappa shape index (κ1) is 18.1. The molecule has 8 nitrogen and oxygen atoms in total. The Kier molecular flexibility index (Phi) is 5.27. The molecule has 0 saturated carbocycles. The second-order valence-electron chi connectivity index (χ2n) is 6.85. The molecule has 1 aliphatic rings. The lowest BCUT2D eigenvalue weighted by Crippen LogP contribution is -2.40. The molecule has 28 heavy (non-hydrogen) atoms. The van der Waals surface area contributed by atoms with Gasteiger partial charge >= 0.3 is 0 Å². The number of hydrogen-bond acceptors (Lipinski definition) is 7. The van der Waals surface area contributed by atoms with Crippen molar-refractivity contribution in [3.8, 4) is 11.4 Å². The Balaban J connectivity index is 1.37. The maximum Gasteiger partial charge on any atom is 0.223 e. The molecule has 1 amide bonds. The lowest BCUT2D eigenvalue weighted by molar-refractivity contribution is -0.125. The quantitative estimate of drug-likeness (QED) is 0.728. The molecule has 8 heteroatoms. The van der Waals surface area contributed by atoms with Crippen LogP contribution in [-0.2, 0) is 11.3 Å². The van der Waals surface area contributed by atoms with Gasteiger partial charge in [-0.3, -0.25) is 9.78 Å². The van der Waals surface area contributed by atoms with Gasteiger partial charge in [-0.25, -0.2) is 4.98 Å². The Bertz CT molecular complexity index is 935. The SMILES string of the molecule is Cc1nc(-c2cccnc2N2CCC(C(=O)NCc3cccnc3)CC2)no1. The molecule has 0 bridgehead atoms. The second kappa shape index (κ2) is 8.16. The molecule has 1 N–H and O–H groups in total. The third-order valence-corrected chi connectivity index (χ3v) is 4.91. The molecule has 0 radical (unpaired) electrons. The molecular weight excluding hydrogens is 356 g/mol. The van der Waals surface area contributed by atoms with E-state index < -0.39 is 0 Å². The Labute approximate surface area is 163 Å². The summed E-state index contributed by atoms with van der Waals surface area (Å²) in [4.78, 5) is 27.6. The van der Waals surface area contributed by atoms with Gasteiger partial charge < -0.3 is 14.7 Å². The summed E-state index contributed by atoms with van der Waals surface area (Å²) >= 11 is 0. The maximum absolute atomic E-state index is 12.5. The van der Waals surface area contributed by atoms with E-state index in [1.165, 1.54) is 0 Å². The van der Waals surface area contributed by atoms with Crippen molar-refractivity contribution in [3.63, 3.8) is 0 Å². The molecule has 0 aromatic carbocycles. The average molecular weight is 378 g/mol. The highest BCUT2D eigenvalue weighted by molar-refractivity contribution is 5.79. The van der Waals surface area contributed by atoms with Crippen LogP contribution in [0.2, 0.25) is 0 Å². The fourth-order valence-electron chi connectivity index (χ4n) is 3.42. The number of rotatable bonds is 5. The molecule has 1 fully saturated rings. The number of aryl methyl sites for hydroxylation is 1. The van der Waals surface area contributed by atoms with Crippen LogP contribution in [0.25, 0.3) is 11.4 Å². The molecule has 4 rings (SSSR count). The number of pyridine rings is 2. The summed E-state index contributed by atoms with van der Waals surface area (Å²) in [5.41, 5.74) is 1.85. The fraction of sp³-hybridized carbons (Fsp3) is 0.350. The Hall–Kier alpha value is -3.29. The minimum atomic E-state index is 0.00695. The highest BCUT2D eigenvalue weighted by Crippen LogP contribution is 2.30. The van der Waals surface area contributed by atoms with E-state index in [9.17, 15) is 4.79 Å². The van der Waals surface area contributed by atoms with Crippen molar-refractivity contribution >= 4 is 11.7 Å². The number of piperidine rings is 1. The van der Waals surface area contributed by atoms with Crippen LogP contribution in [0.15, 0.2) is 47.4 Å². The first-order valence-corrected chi connectivity index (χ1v) is 9.38. The van der Waals surface area contributed by atoms with E-state index in [1.807, 2.05) is 24.3 Å². The van der Waals surface area contributed by atoms with E-state index in [-0.39, 0.29) is 11.8 Å². The minimum absolute atomic E-state index is 0.00695. The van der Waals surface area contributed by atoms with Gasteiger partial charge in [0.05, 0.1) is 5.56 Å². The monoisotopic (exact) mass is 378 g/mol. The maximum atomic E-state index is 12.5. The molecule has 0 unspecified atom stereocenters. The van der Waals surface area contributed by atoms with E-state index in [0.717, 1.165) is 42.9 Å². The third-order valence-electron chi connectivity index (χ3n) is 4.91. The highest BCUT2D eigenvalue weighted by atomic mass is 16.5. The largest absolute Gasteiger partial charge is 0.356 e. The molecule has 3 aromatic rings. The van der Waals surface area contributed by atoms with Crippen molar-refractivity contribution in [2.45, 2.75) is 26.3 Å². The number of carbonyl (C=O) groups is 1. The number of carbonyl (C=O) groups excluding carboxylic acids is 1. The van der Waals surface area contributed by atoms with Crippen molar-refractivity contribution in [1.82, 2.24) is 25.4 Å². The van der Waals surface area contributed by atoms with Crippen molar-refractivity contribution in [2.24, 2.45) is 5.92 Å². The Morgan fingerprint density at radius 1 is 1.25 bits per heavy atom. The molecule has 0 spiro atoms. The van der Waals surface area contributed by atoms with Crippen LogP contribution >= 0.6 is 0 Å². The van der Waals surface area contributed by atoms with Crippen LogP contribution in [-0.4, -0.2) is 39.1 Å². The lowest BCUT2D eigenvalue weighted by Gasteiger charge is -2.32. The van der Waals surface area contributed by atoms with Gasteiger partial charge in [0.15, 0.2) is 0 Å². The predicted molar refractivity (Wildman–Crippen MR) is 103 cm³/mol. The van der Waals surface area contributed by atoms with Crippen LogP contribution in [0.3, 0.4) is 0 Å². The van der Waals surface area contributed by atoms with E-state index in [4.69, 9.17) is 4.52 Å². The van der Waals surface area contributed by atoms with E-state index in [0.29, 0.717) is 18.3 Å². The lowest BCUT2D eigenvalue weighted by atomic mass is 9.95. The normalized spacial score (nSPS) is 14.8. The fourth-order valence-corrected chi connectivity index (χ4v) is 3.42. The number of nitrogens with one attached hydrogen (secondary N) is 1. The number of anilines is 1. The summed E-state index contributed by atoms with van der Waals surface area (Å²) in [6.45, 7) is 3.79. The number of amides is 1. The predicted octanol–water partition coefficient (Wildman–Crippen LogP) is 2.37. The van der Waals surface area contributed by atoms with Crippen molar-refractivity contribution in [1.29, 1.82) is 0 Å². The van der Waals surface area contributed by atoms with E-state index in [2.05, 4.69) is 30.3 Å². The molecule has 0 atom stereocenters. The summed E-state index contributed by atoms with van der Waals surface area (Å²) in [6.07, 6.45) is 6.81. The molecule has 0 aliphatic carbocycles. The zero-order valence-corrected chi connectivity index (χ0v) is 15.7. The Morgan fingerprint density at radius 2 is 2.07 bits per heavy atom. The van der Waals surface area contributed by atoms with Gasteiger partial charge in [-0.05, 0) is 36.6 Å². The van der Waals surface area contributed by atoms with E-state index >= 15 is 0 Å². The van der Waals surface area contributed by atoms with Gasteiger partial charge in [0.1, 0.15) is 5.82 Å². The van der Waals surface area contributed by atoms with Crippen LogP contribution in [0.5, 0.6) is 0 Å². The van der Waals surface area contributed by atoms with Crippen LogP contribution in [0.4, 0.5) is 5.82 Å². The summed E-state index contributed by atoms with van der Waals surface area (Å²) in [6, 6.07) is 7.64. The van der Waals surface area contributed by atoms with Gasteiger partial charge in [-0.2, -0.15) is 4.98 Å². The minimum Gasteiger partial charge on any atom is -0.356 e. The highest BCUT2D eigenvalue weighted by Gasteiger charge is 2.27. The molecule has 1 saturated heterocycles. The number of aromatic nitrogens is 4. The summed E-state index contributed by atoms with van der Waals surface area (Å²) in [7, 11) is 0. The second-order valence-corrected chi connectivity index (χ2v) is 6.85. The van der Waals surface area contributed by atoms with Crippen molar-refractivity contribution in [3.05, 3.63) is 54.3 Å². The van der Waals surface area contributed by atoms with Gasteiger partial charge in [0.25, 0.3) is 0 Å². The van der Waals surface area contributed by atoms with Crippen molar-refractivity contribution < 1.29 is 9.32 Å². The first-order chi connectivity index (χ1) is 13.7. The molecule has 144 valence electrons. The molecular formula is C20H22N6O2. The standard InChI is InChI=1S/C20H22N6O2/c1-14-24-18(25-28-14)17-5-3-9-22-19(17)26-10-6-16(7-11-26)20(27)23-13-15-4-2-8-21-12-15/h2-5,8-9,12,16H,6-7,10-11,13H2,1H3,(H,23,27). The number of hydrogen-bond donors (Lipinski definition) is 1. The zero-order valence-electron chi connectivity index (χ0n) is 15.7. The van der Waals surface area contributed by atoms with Gasteiger partial charge in [0.2, 0.25) is 17.6 Å². The van der Waals surface area contributed by atoms with Crippen LogP contribution in [0, 0.1) is 12.8 Å². The smallest absolute Gasteiger partial charge is 0.223 e. The molecule has 1 aliphatic heterocycles. The van der Waals surface area contributed by atoms with Gasteiger partial charge in [-0.15, -0.1) is 0 Å². The van der Waals surface area contributed by atoms with Crippen LogP contribution in [0.1, 0.15) is 24.3 Å². The van der Waals surface area contributed by atoms with E-state index in [1.54, 1.807) is 25.5 Å². The third kappa shape index (κ3) is 4.00. The average Bonchev–Trinajstić information content (AvgIpc) is 3.19. The van der Waals surface area contributed by atoms with Crippen LogP contribution < -0.4 is 10.2 Å². The topological polar surface area (TPSA) is 97.0 Å². The molecule has 4 heterocycles. The Morgan fingerprint density at radius 3 is 2.79 bits per heavy atom. The summed E-state index contributed by atoms with van der Waals surface area (Å²) in [5.74, 6) is 1.99. The van der Waals surface area contributed by atoms with Crippen molar-refractivity contribution in [2.75, 3.05) is 18.0 Å². The summed E-state index contributed by atoms with van der Waals surface area (Å²) < 4.78 is 5.11. The van der Waals surface area contributed by atoms with Gasteiger partial charge in [-0.1, -0.05) is 11.2 Å². The first-order valence-electron chi connectivity index (χ1n) is 9.38.